The Morgan fingerprint density at radius 2 is 1.81 bits per heavy atom. The molecule has 2 atom stereocenters. The van der Waals surface area contributed by atoms with Crippen LogP contribution in [-0.2, 0) is 14.4 Å². The van der Waals surface area contributed by atoms with Gasteiger partial charge in [-0.1, -0.05) is 46.0 Å². The van der Waals surface area contributed by atoms with Crippen LogP contribution in [-0.4, -0.2) is 47.5 Å². The van der Waals surface area contributed by atoms with E-state index in [4.69, 9.17) is 5.21 Å². The molecule has 7 heteroatoms. The Hall–Kier alpha value is -1.63. The quantitative estimate of drug-likeness (QED) is 0.523. The van der Waals surface area contributed by atoms with Gasteiger partial charge in [0.15, 0.2) is 0 Å². The van der Waals surface area contributed by atoms with Crippen LogP contribution >= 0.6 is 0 Å². The molecule has 0 aromatic carbocycles. The van der Waals surface area contributed by atoms with E-state index in [9.17, 15) is 14.4 Å². The van der Waals surface area contributed by atoms with Gasteiger partial charge in [-0.25, -0.2) is 5.48 Å². The van der Waals surface area contributed by atoms with Crippen LogP contribution in [0.15, 0.2) is 0 Å². The molecule has 26 heavy (non-hydrogen) atoms. The zero-order chi connectivity index (χ0) is 19.5. The molecule has 1 aliphatic rings. The minimum absolute atomic E-state index is 0.0687. The van der Waals surface area contributed by atoms with Crippen molar-refractivity contribution >= 4 is 17.7 Å². The number of amides is 3. The van der Waals surface area contributed by atoms with Crippen molar-refractivity contribution < 1.29 is 19.6 Å². The summed E-state index contributed by atoms with van der Waals surface area (Å²) in [5.41, 5.74) is 1.60. The number of nitrogens with one attached hydrogen (secondary N) is 2. The third kappa shape index (κ3) is 8.17. The Balaban J connectivity index is 2.91. The summed E-state index contributed by atoms with van der Waals surface area (Å²) in [7, 11) is 1.78. The van der Waals surface area contributed by atoms with E-state index >= 15 is 0 Å². The fourth-order valence-corrected chi connectivity index (χ4v) is 3.40. The van der Waals surface area contributed by atoms with Gasteiger partial charge in [-0.05, 0) is 25.2 Å². The molecule has 1 aliphatic heterocycles. The van der Waals surface area contributed by atoms with Gasteiger partial charge in [0, 0.05) is 25.9 Å². The number of rotatable bonds is 4. The van der Waals surface area contributed by atoms with Gasteiger partial charge in [0.2, 0.25) is 17.7 Å². The second-order valence-corrected chi connectivity index (χ2v) is 7.80. The van der Waals surface area contributed by atoms with Gasteiger partial charge in [0.25, 0.3) is 0 Å². The first kappa shape index (κ1) is 22.4. The van der Waals surface area contributed by atoms with Crippen molar-refractivity contribution in [2.45, 2.75) is 77.7 Å². The highest BCUT2D eigenvalue weighted by Crippen LogP contribution is 2.18. The van der Waals surface area contributed by atoms with Crippen LogP contribution in [0.25, 0.3) is 0 Å². The SMILES string of the molecule is CC(C)C[C@@H]1NC(=O)[C@@H](CC(=O)NO)CCCCCCCCN(C)C1=O. The van der Waals surface area contributed by atoms with Crippen molar-refractivity contribution in [3.63, 3.8) is 0 Å². The smallest absolute Gasteiger partial charge is 0.244 e. The van der Waals surface area contributed by atoms with Gasteiger partial charge in [-0.3, -0.25) is 19.6 Å². The van der Waals surface area contributed by atoms with Crippen molar-refractivity contribution in [2.24, 2.45) is 11.8 Å². The normalized spacial score (nSPS) is 24.1. The predicted molar refractivity (Wildman–Crippen MR) is 99.4 cm³/mol. The van der Waals surface area contributed by atoms with Crippen LogP contribution in [0.2, 0.25) is 0 Å². The minimum atomic E-state index is -0.574. The first-order valence-electron chi connectivity index (χ1n) is 9.83. The molecule has 0 aromatic rings. The van der Waals surface area contributed by atoms with E-state index in [1.165, 1.54) is 0 Å². The lowest BCUT2D eigenvalue weighted by atomic mass is 9.94. The summed E-state index contributed by atoms with van der Waals surface area (Å²) in [4.78, 5) is 38.8. The maximum Gasteiger partial charge on any atom is 0.244 e. The third-order valence-corrected chi connectivity index (χ3v) is 4.92. The molecule has 3 N–H and O–H groups in total. The molecule has 0 spiro atoms. The van der Waals surface area contributed by atoms with Crippen molar-refractivity contribution in [3.8, 4) is 0 Å². The highest BCUT2D eigenvalue weighted by atomic mass is 16.5. The number of carbonyl (C=O) groups excluding carboxylic acids is 3. The third-order valence-electron chi connectivity index (χ3n) is 4.92. The Morgan fingerprint density at radius 3 is 2.42 bits per heavy atom. The molecule has 0 radical (unpaired) electrons. The summed E-state index contributed by atoms with van der Waals surface area (Å²) in [6, 6.07) is -0.574. The average molecular weight is 370 g/mol. The molecular formula is C19H35N3O4. The molecule has 1 rings (SSSR count). The summed E-state index contributed by atoms with van der Waals surface area (Å²) < 4.78 is 0. The van der Waals surface area contributed by atoms with Gasteiger partial charge in [-0.15, -0.1) is 0 Å². The van der Waals surface area contributed by atoms with Gasteiger partial charge >= 0.3 is 0 Å². The van der Waals surface area contributed by atoms with E-state index in [2.05, 4.69) is 5.32 Å². The molecular weight excluding hydrogens is 334 g/mol. The molecule has 0 bridgehead atoms. The Morgan fingerprint density at radius 1 is 1.19 bits per heavy atom. The highest BCUT2D eigenvalue weighted by Gasteiger charge is 2.29. The first-order valence-corrected chi connectivity index (χ1v) is 9.83. The van der Waals surface area contributed by atoms with Crippen molar-refractivity contribution in [3.05, 3.63) is 0 Å². The largest absolute Gasteiger partial charge is 0.344 e. The lowest BCUT2D eigenvalue weighted by Gasteiger charge is -2.27. The van der Waals surface area contributed by atoms with Crippen LogP contribution in [0.1, 0.15) is 71.6 Å². The van der Waals surface area contributed by atoms with Crippen LogP contribution in [0.4, 0.5) is 0 Å². The maximum atomic E-state index is 12.8. The van der Waals surface area contributed by atoms with Crippen molar-refractivity contribution in [2.75, 3.05) is 13.6 Å². The number of hydrogen-bond acceptors (Lipinski definition) is 4. The molecule has 0 aromatic heterocycles. The summed E-state index contributed by atoms with van der Waals surface area (Å²) in [5.74, 6) is -1.20. The summed E-state index contributed by atoms with van der Waals surface area (Å²) in [5, 5.41) is 11.7. The lowest BCUT2D eigenvalue weighted by molar-refractivity contribution is -0.138. The zero-order valence-corrected chi connectivity index (χ0v) is 16.4. The second-order valence-electron chi connectivity index (χ2n) is 7.80. The Bertz CT molecular complexity index is 468. The van der Waals surface area contributed by atoms with Crippen LogP contribution in [0, 0.1) is 11.8 Å². The standard InChI is InChI=1S/C19H35N3O4/c1-14(2)12-16-19(25)22(3)11-9-7-5-4-6-8-10-15(18(24)20-16)13-17(23)21-26/h14-16,26H,4-13H2,1-3H3,(H,20,24)(H,21,23)/t15-,16+/m1/s1. The molecule has 0 unspecified atom stereocenters. The van der Waals surface area contributed by atoms with Crippen LogP contribution in [0.3, 0.4) is 0 Å². The maximum absolute atomic E-state index is 12.8. The first-order chi connectivity index (χ1) is 12.3. The van der Waals surface area contributed by atoms with Gasteiger partial charge in [0.1, 0.15) is 6.04 Å². The zero-order valence-electron chi connectivity index (χ0n) is 16.4. The van der Waals surface area contributed by atoms with Gasteiger partial charge in [-0.2, -0.15) is 0 Å². The van der Waals surface area contributed by atoms with Crippen molar-refractivity contribution in [1.29, 1.82) is 0 Å². The molecule has 1 fully saturated rings. The summed E-state index contributed by atoms with van der Waals surface area (Å²) >= 11 is 0. The molecule has 7 nitrogen and oxygen atoms in total. The fourth-order valence-electron chi connectivity index (χ4n) is 3.40. The molecule has 1 heterocycles. The topological polar surface area (TPSA) is 98.7 Å². The molecule has 0 saturated carbocycles. The van der Waals surface area contributed by atoms with E-state index in [1.54, 1.807) is 17.4 Å². The van der Waals surface area contributed by atoms with Crippen LogP contribution in [0.5, 0.6) is 0 Å². The second kappa shape index (κ2) is 11.9. The molecule has 150 valence electrons. The number of likely N-dealkylation sites (N-methyl/N-ethyl adjacent to an activating group) is 1. The summed E-state index contributed by atoms with van der Waals surface area (Å²) in [6.45, 7) is 4.72. The minimum Gasteiger partial charge on any atom is -0.344 e. The van der Waals surface area contributed by atoms with Gasteiger partial charge in [0.05, 0.1) is 0 Å². The molecule has 1 saturated heterocycles. The Kier molecular flexibility index (Phi) is 10.2. The molecule has 3 amide bonds. The predicted octanol–water partition coefficient (Wildman–Crippen LogP) is 2.23. The monoisotopic (exact) mass is 369 g/mol. The number of nitrogens with zero attached hydrogens (tertiary/aromatic N) is 1. The van der Waals surface area contributed by atoms with Crippen LogP contribution < -0.4 is 10.8 Å². The van der Waals surface area contributed by atoms with E-state index in [-0.39, 0.29) is 24.2 Å². The number of hydrogen-bond donors (Lipinski definition) is 3. The lowest BCUT2D eigenvalue weighted by Crippen LogP contribution is -2.50. The highest BCUT2D eigenvalue weighted by molar-refractivity contribution is 5.90. The Labute approximate surface area is 156 Å². The van der Waals surface area contributed by atoms with E-state index in [0.717, 1.165) is 38.5 Å². The summed E-state index contributed by atoms with van der Waals surface area (Å²) in [6.07, 6.45) is 7.24. The van der Waals surface area contributed by atoms with E-state index < -0.39 is 17.9 Å². The molecule has 0 aliphatic carbocycles. The van der Waals surface area contributed by atoms with E-state index in [1.807, 2.05) is 13.8 Å². The van der Waals surface area contributed by atoms with E-state index in [0.29, 0.717) is 19.4 Å². The average Bonchev–Trinajstić information content (AvgIpc) is 2.59. The number of hydroxylamine groups is 1. The van der Waals surface area contributed by atoms with Crippen molar-refractivity contribution in [1.82, 2.24) is 15.7 Å². The fraction of sp³-hybridized carbons (Fsp3) is 0.842. The van der Waals surface area contributed by atoms with Gasteiger partial charge < -0.3 is 10.2 Å². The number of carbonyl (C=O) groups is 3.